The van der Waals surface area contributed by atoms with E-state index in [9.17, 15) is 0 Å². The van der Waals surface area contributed by atoms with Crippen molar-refractivity contribution in [3.63, 3.8) is 0 Å². The fourth-order valence-corrected chi connectivity index (χ4v) is 0.761. The molecule has 52 valence electrons. The van der Waals surface area contributed by atoms with Gasteiger partial charge >= 0.3 is 0 Å². The average Bonchev–Trinajstić information content (AvgIpc) is 1.85. The second kappa shape index (κ2) is 5.58. The SMILES string of the molecule is CNCC(C)CCC#N. The van der Waals surface area contributed by atoms with Crippen LogP contribution in [-0.2, 0) is 0 Å². The molecule has 0 aromatic heterocycles. The van der Waals surface area contributed by atoms with Crippen LogP contribution in [0.4, 0.5) is 0 Å². The van der Waals surface area contributed by atoms with E-state index in [1.807, 2.05) is 7.05 Å². The Morgan fingerprint density at radius 1 is 1.67 bits per heavy atom. The van der Waals surface area contributed by atoms with E-state index < -0.39 is 0 Å². The summed E-state index contributed by atoms with van der Waals surface area (Å²) in [7, 11) is 1.93. The largest absolute Gasteiger partial charge is 0.319 e. The highest BCUT2D eigenvalue weighted by Gasteiger charge is 1.97. The molecule has 0 rings (SSSR count). The Labute approximate surface area is 56.9 Å². The standard InChI is InChI=1S/C7H14N2/c1-7(6-9-2)4-3-5-8/h7,9H,3-4,6H2,1-2H3. The number of nitrogens with zero attached hydrogens (tertiary/aromatic N) is 1. The maximum Gasteiger partial charge on any atom is 0.0621 e. The molecule has 0 saturated carbocycles. The van der Waals surface area contributed by atoms with Gasteiger partial charge in [-0.05, 0) is 25.9 Å². The smallest absolute Gasteiger partial charge is 0.0621 e. The zero-order chi connectivity index (χ0) is 7.11. The quantitative estimate of drug-likeness (QED) is 0.613. The van der Waals surface area contributed by atoms with Gasteiger partial charge in [-0.15, -0.1) is 0 Å². The summed E-state index contributed by atoms with van der Waals surface area (Å²) in [5.41, 5.74) is 0. The summed E-state index contributed by atoms with van der Waals surface area (Å²) in [6.45, 7) is 3.16. The maximum atomic E-state index is 8.21. The molecule has 0 amide bonds. The molecule has 0 aromatic carbocycles. The predicted molar refractivity (Wildman–Crippen MR) is 37.9 cm³/mol. The lowest BCUT2D eigenvalue weighted by Crippen LogP contribution is -2.15. The van der Waals surface area contributed by atoms with Crippen molar-refractivity contribution >= 4 is 0 Å². The molecular formula is C7H14N2. The molecule has 0 saturated heterocycles. The van der Waals surface area contributed by atoms with Crippen molar-refractivity contribution in [1.82, 2.24) is 5.32 Å². The minimum atomic E-state index is 0.634. The van der Waals surface area contributed by atoms with E-state index in [-0.39, 0.29) is 0 Å². The lowest BCUT2D eigenvalue weighted by molar-refractivity contribution is 0.511. The van der Waals surface area contributed by atoms with Gasteiger partial charge < -0.3 is 5.32 Å². The van der Waals surface area contributed by atoms with Gasteiger partial charge in [0.2, 0.25) is 0 Å². The molecule has 2 nitrogen and oxygen atoms in total. The van der Waals surface area contributed by atoms with Crippen LogP contribution in [0, 0.1) is 17.2 Å². The van der Waals surface area contributed by atoms with Gasteiger partial charge in [0.1, 0.15) is 0 Å². The van der Waals surface area contributed by atoms with Crippen molar-refractivity contribution in [2.45, 2.75) is 19.8 Å². The van der Waals surface area contributed by atoms with Gasteiger partial charge in [0.25, 0.3) is 0 Å². The van der Waals surface area contributed by atoms with E-state index in [0.29, 0.717) is 12.3 Å². The lowest BCUT2D eigenvalue weighted by atomic mass is 10.1. The van der Waals surface area contributed by atoms with Gasteiger partial charge in [0.05, 0.1) is 6.07 Å². The zero-order valence-corrected chi connectivity index (χ0v) is 6.15. The van der Waals surface area contributed by atoms with Crippen LogP contribution in [0.1, 0.15) is 19.8 Å². The molecule has 9 heavy (non-hydrogen) atoms. The number of hydrogen-bond acceptors (Lipinski definition) is 2. The third-order valence-electron chi connectivity index (χ3n) is 1.30. The van der Waals surface area contributed by atoms with Crippen molar-refractivity contribution in [3.05, 3.63) is 0 Å². The average molecular weight is 126 g/mol. The van der Waals surface area contributed by atoms with E-state index in [0.717, 1.165) is 13.0 Å². The number of nitriles is 1. The first-order chi connectivity index (χ1) is 4.31. The first-order valence-corrected chi connectivity index (χ1v) is 3.32. The predicted octanol–water partition coefficient (Wildman–Crippen LogP) is 1.15. The Balaban J connectivity index is 3.07. The van der Waals surface area contributed by atoms with E-state index in [4.69, 9.17) is 5.26 Å². The van der Waals surface area contributed by atoms with Gasteiger partial charge in [-0.3, -0.25) is 0 Å². The summed E-state index contributed by atoms with van der Waals surface area (Å²) in [4.78, 5) is 0. The molecule has 1 atom stereocenters. The van der Waals surface area contributed by atoms with Gasteiger partial charge in [-0.1, -0.05) is 6.92 Å². The lowest BCUT2D eigenvalue weighted by Gasteiger charge is -2.05. The molecule has 0 spiro atoms. The number of nitrogens with one attached hydrogen (secondary N) is 1. The molecule has 2 heteroatoms. The van der Waals surface area contributed by atoms with Crippen LogP contribution in [0.15, 0.2) is 0 Å². The summed E-state index contributed by atoms with van der Waals surface area (Å²) >= 11 is 0. The van der Waals surface area contributed by atoms with Crippen molar-refractivity contribution < 1.29 is 0 Å². The first kappa shape index (κ1) is 8.45. The molecule has 0 bridgehead atoms. The molecule has 0 heterocycles. The van der Waals surface area contributed by atoms with Gasteiger partial charge in [-0.25, -0.2) is 0 Å². The van der Waals surface area contributed by atoms with Crippen LogP contribution in [0.2, 0.25) is 0 Å². The molecular weight excluding hydrogens is 112 g/mol. The second-order valence-electron chi connectivity index (χ2n) is 2.36. The molecule has 0 fully saturated rings. The monoisotopic (exact) mass is 126 g/mol. The van der Waals surface area contributed by atoms with Crippen LogP contribution in [0.5, 0.6) is 0 Å². The van der Waals surface area contributed by atoms with Crippen molar-refractivity contribution in [2.24, 2.45) is 5.92 Å². The first-order valence-electron chi connectivity index (χ1n) is 3.32. The van der Waals surface area contributed by atoms with Gasteiger partial charge in [0, 0.05) is 6.42 Å². The third-order valence-corrected chi connectivity index (χ3v) is 1.30. The Morgan fingerprint density at radius 3 is 2.78 bits per heavy atom. The van der Waals surface area contributed by atoms with Gasteiger partial charge in [0.15, 0.2) is 0 Å². The Kier molecular flexibility index (Phi) is 5.24. The minimum Gasteiger partial charge on any atom is -0.319 e. The molecule has 0 radical (unpaired) electrons. The molecule has 0 aromatic rings. The van der Waals surface area contributed by atoms with Crippen molar-refractivity contribution in [2.75, 3.05) is 13.6 Å². The number of hydrogen-bond donors (Lipinski definition) is 1. The molecule has 0 aliphatic heterocycles. The van der Waals surface area contributed by atoms with E-state index >= 15 is 0 Å². The molecule has 1 unspecified atom stereocenters. The maximum absolute atomic E-state index is 8.21. The van der Waals surface area contributed by atoms with Crippen molar-refractivity contribution in [1.29, 1.82) is 5.26 Å². The van der Waals surface area contributed by atoms with E-state index in [2.05, 4.69) is 18.3 Å². The molecule has 0 aliphatic carbocycles. The summed E-state index contributed by atoms with van der Waals surface area (Å²) in [5, 5.41) is 11.3. The normalized spacial score (nSPS) is 12.6. The Hall–Kier alpha value is -0.550. The van der Waals surface area contributed by atoms with Crippen LogP contribution in [0.25, 0.3) is 0 Å². The Morgan fingerprint density at radius 2 is 2.33 bits per heavy atom. The highest BCUT2D eigenvalue weighted by molar-refractivity contribution is 4.70. The Bertz CT molecular complexity index is 93.6. The fraction of sp³-hybridized carbons (Fsp3) is 0.857. The summed E-state index contributed by atoms with van der Waals surface area (Å²) in [6.07, 6.45) is 1.69. The molecule has 0 aliphatic rings. The topological polar surface area (TPSA) is 35.8 Å². The fourth-order valence-electron chi connectivity index (χ4n) is 0.761. The summed E-state index contributed by atoms with van der Waals surface area (Å²) in [6, 6.07) is 2.13. The van der Waals surface area contributed by atoms with Crippen LogP contribution in [-0.4, -0.2) is 13.6 Å². The van der Waals surface area contributed by atoms with Crippen LogP contribution < -0.4 is 5.32 Å². The van der Waals surface area contributed by atoms with E-state index in [1.165, 1.54) is 0 Å². The highest BCUT2D eigenvalue weighted by atomic mass is 14.8. The minimum absolute atomic E-state index is 0.634. The van der Waals surface area contributed by atoms with E-state index in [1.54, 1.807) is 0 Å². The summed E-state index contributed by atoms with van der Waals surface area (Å²) in [5.74, 6) is 0.634. The zero-order valence-electron chi connectivity index (χ0n) is 6.15. The highest BCUT2D eigenvalue weighted by Crippen LogP contribution is 2.01. The van der Waals surface area contributed by atoms with Crippen LogP contribution >= 0.6 is 0 Å². The second-order valence-corrected chi connectivity index (χ2v) is 2.36. The van der Waals surface area contributed by atoms with Crippen molar-refractivity contribution in [3.8, 4) is 6.07 Å². The summed E-state index contributed by atoms with van der Waals surface area (Å²) < 4.78 is 0. The van der Waals surface area contributed by atoms with Crippen LogP contribution in [0.3, 0.4) is 0 Å². The third kappa shape index (κ3) is 5.32. The number of rotatable bonds is 4. The van der Waals surface area contributed by atoms with Gasteiger partial charge in [-0.2, -0.15) is 5.26 Å². The molecule has 1 N–H and O–H groups in total.